The number of carbonyl (C=O) groups is 1. The van der Waals surface area contributed by atoms with Crippen LogP contribution in [0, 0.1) is 0 Å². The van der Waals surface area contributed by atoms with Crippen molar-refractivity contribution < 1.29 is 14.3 Å². The molecule has 1 amide bonds. The van der Waals surface area contributed by atoms with Gasteiger partial charge in [-0.2, -0.15) is 0 Å². The smallest absolute Gasteiger partial charge is 0.265 e. The average Bonchev–Trinajstić information content (AvgIpc) is 3.36. The highest BCUT2D eigenvalue weighted by molar-refractivity contribution is 7.11. The number of fused-ring (bicyclic) bond motifs is 1. The van der Waals surface area contributed by atoms with Crippen molar-refractivity contribution in [3.05, 3.63) is 75.7 Å². The Morgan fingerprint density at radius 2 is 2.00 bits per heavy atom. The lowest BCUT2D eigenvalue weighted by atomic mass is 10.0. The van der Waals surface area contributed by atoms with Crippen molar-refractivity contribution in [1.82, 2.24) is 14.9 Å². The molecule has 0 unspecified atom stereocenters. The lowest BCUT2D eigenvalue weighted by molar-refractivity contribution is 0.0685. The topological polar surface area (TPSA) is 64.6 Å². The van der Waals surface area contributed by atoms with Gasteiger partial charge in [0.2, 0.25) is 0 Å². The molecule has 0 aliphatic heterocycles. The minimum Gasteiger partial charge on any atom is -0.496 e. The zero-order valence-electron chi connectivity index (χ0n) is 17.7. The summed E-state index contributed by atoms with van der Waals surface area (Å²) < 4.78 is 10.8. The summed E-state index contributed by atoms with van der Waals surface area (Å²) in [6.07, 6.45) is 1.59. The average molecular weight is 468 g/mol. The van der Waals surface area contributed by atoms with Gasteiger partial charge in [0.15, 0.2) is 0 Å². The van der Waals surface area contributed by atoms with Gasteiger partial charge in [-0.3, -0.25) is 9.78 Å². The number of benzene rings is 2. The molecule has 0 spiro atoms. The van der Waals surface area contributed by atoms with E-state index in [0.717, 1.165) is 27.7 Å². The summed E-state index contributed by atoms with van der Waals surface area (Å²) in [5.41, 5.74) is 4.93. The molecule has 0 atom stereocenters. The summed E-state index contributed by atoms with van der Waals surface area (Å²) in [5, 5.41) is 1.56. The molecule has 0 N–H and O–H groups in total. The molecule has 8 heteroatoms. The highest BCUT2D eigenvalue weighted by Gasteiger charge is 2.21. The second-order valence-electron chi connectivity index (χ2n) is 7.12. The summed E-state index contributed by atoms with van der Waals surface area (Å²) in [7, 11) is 3.26. The first-order valence-corrected chi connectivity index (χ1v) is 11.3. The number of ether oxygens (including phenoxy) is 2. The molecular weight excluding hydrogens is 446 g/mol. The summed E-state index contributed by atoms with van der Waals surface area (Å²) in [6.45, 7) is 1.22. The highest BCUT2D eigenvalue weighted by atomic mass is 35.5. The van der Waals surface area contributed by atoms with Crippen molar-refractivity contribution in [3.8, 4) is 17.0 Å². The van der Waals surface area contributed by atoms with Crippen molar-refractivity contribution in [2.24, 2.45) is 0 Å². The summed E-state index contributed by atoms with van der Waals surface area (Å²) in [5.74, 6) is 0.617. The molecule has 2 aromatic carbocycles. The predicted molar refractivity (Wildman–Crippen MR) is 127 cm³/mol. The van der Waals surface area contributed by atoms with E-state index in [1.54, 1.807) is 30.8 Å². The maximum absolute atomic E-state index is 13.2. The van der Waals surface area contributed by atoms with Crippen molar-refractivity contribution in [1.29, 1.82) is 0 Å². The van der Waals surface area contributed by atoms with Gasteiger partial charge >= 0.3 is 0 Å². The second kappa shape index (κ2) is 10.1. The van der Waals surface area contributed by atoms with E-state index in [1.165, 1.54) is 11.3 Å². The van der Waals surface area contributed by atoms with E-state index >= 15 is 0 Å². The van der Waals surface area contributed by atoms with E-state index in [-0.39, 0.29) is 5.91 Å². The van der Waals surface area contributed by atoms with Crippen LogP contribution in [0.25, 0.3) is 22.2 Å². The number of amides is 1. The molecule has 0 bridgehead atoms. The maximum atomic E-state index is 13.2. The molecule has 0 aliphatic carbocycles. The number of rotatable bonds is 8. The lowest BCUT2D eigenvalue weighted by Gasteiger charge is -2.23. The first kappa shape index (κ1) is 22.2. The minimum absolute atomic E-state index is 0.0910. The van der Waals surface area contributed by atoms with Crippen LogP contribution in [0.1, 0.15) is 15.2 Å². The van der Waals surface area contributed by atoms with Gasteiger partial charge < -0.3 is 14.4 Å². The third kappa shape index (κ3) is 4.75. The van der Waals surface area contributed by atoms with Gasteiger partial charge in [0.25, 0.3) is 5.91 Å². The van der Waals surface area contributed by atoms with Crippen LogP contribution in [-0.2, 0) is 11.3 Å². The largest absolute Gasteiger partial charge is 0.496 e. The van der Waals surface area contributed by atoms with Crippen LogP contribution in [0.3, 0.4) is 0 Å². The van der Waals surface area contributed by atoms with Crippen molar-refractivity contribution in [3.63, 3.8) is 0 Å². The summed E-state index contributed by atoms with van der Waals surface area (Å²) in [4.78, 5) is 24.5. The molecule has 0 radical (unpaired) electrons. The van der Waals surface area contributed by atoms with Gasteiger partial charge in [-0.25, -0.2) is 4.98 Å². The number of aromatic nitrogens is 2. The molecule has 0 aliphatic rings. The number of halogens is 1. The van der Waals surface area contributed by atoms with Gasteiger partial charge in [0.05, 0.1) is 36.6 Å². The predicted octanol–water partition coefficient (Wildman–Crippen LogP) is 5.31. The summed E-state index contributed by atoms with van der Waals surface area (Å²) in [6, 6.07) is 15.4. The number of carbonyl (C=O) groups excluding carboxylic acids is 1. The van der Waals surface area contributed by atoms with Crippen LogP contribution < -0.4 is 4.74 Å². The van der Waals surface area contributed by atoms with E-state index < -0.39 is 0 Å². The number of pyridine rings is 1. The van der Waals surface area contributed by atoms with Crippen molar-refractivity contribution in [2.45, 2.75) is 6.54 Å². The zero-order chi connectivity index (χ0) is 22.5. The normalized spacial score (nSPS) is 11.0. The summed E-state index contributed by atoms with van der Waals surface area (Å²) >= 11 is 7.54. The Bertz CT molecular complexity index is 1230. The van der Waals surface area contributed by atoms with Gasteiger partial charge in [-0.1, -0.05) is 29.8 Å². The molecule has 0 saturated heterocycles. The Labute approximate surface area is 195 Å². The van der Waals surface area contributed by atoms with Crippen LogP contribution in [-0.4, -0.2) is 48.1 Å². The quantitative estimate of drug-likeness (QED) is 0.351. The fourth-order valence-electron chi connectivity index (χ4n) is 3.51. The first-order valence-electron chi connectivity index (χ1n) is 10.00. The van der Waals surface area contributed by atoms with Crippen LogP contribution in [0.15, 0.2) is 60.2 Å². The standard InChI is InChI=1S/C24H22ClN3O3S/c1-30-10-9-28(24(29)22-13-26-15-32-22)14-17-11-16-7-8-18(25)12-20(16)27-23(17)19-5-3-4-6-21(19)31-2/h3-8,11-13,15H,9-10,14H2,1-2H3. The van der Waals surface area contributed by atoms with E-state index in [0.29, 0.717) is 35.3 Å². The number of methoxy groups -OCH3 is 2. The first-order chi connectivity index (χ1) is 15.6. The fraction of sp³-hybridized carbons (Fsp3) is 0.208. The van der Waals surface area contributed by atoms with Crippen LogP contribution >= 0.6 is 22.9 Å². The van der Waals surface area contributed by atoms with Gasteiger partial charge in [0, 0.05) is 36.2 Å². The lowest BCUT2D eigenvalue weighted by Crippen LogP contribution is -2.33. The monoisotopic (exact) mass is 467 g/mol. The Morgan fingerprint density at radius 3 is 2.75 bits per heavy atom. The number of hydrogen-bond acceptors (Lipinski definition) is 6. The zero-order valence-corrected chi connectivity index (χ0v) is 19.3. The number of nitrogens with zero attached hydrogens (tertiary/aromatic N) is 3. The van der Waals surface area contributed by atoms with E-state index in [1.807, 2.05) is 42.5 Å². The number of thiazole rings is 1. The van der Waals surface area contributed by atoms with Crippen LogP contribution in [0.2, 0.25) is 5.02 Å². The molecule has 0 fully saturated rings. The molecule has 2 heterocycles. The molecule has 4 aromatic rings. The SMILES string of the molecule is COCCN(Cc1cc2ccc(Cl)cc2nc1-c1ccccc1OC)C(=O)c1cncs1. The molecule has 32 heavy (non-hydrogen) atoms. The van der Waals surface area contributed by atoms with Gasteiger partial charge in [-0.15, -0.1) is 11.3 Å². The van der Waals surface area contributed by atoms with Crippen molar-refractivity contribution in [2.75, 3.05) is 27.4 Å². The molecule has 2 aromatic heterocycles. The van der Waals surface area contributed by atoms with Crippen molar-refractivity contribution >= 4 is 39.7 Å². The van der Waals surface area contributed by atoms with Gasteiger partial charge in [0.1, 0.15) is 10.6 Å². The second-order valence-corrected chi connectivity index (χ2v) is 8.44. The Kier molecular flexibility index (Phi) is 6.99. The Hall–Kier alpha value is -3.00. The molecule has 0 saturated carbocycles. The van der Waals surface area contributed by atoms with Crippen LogP contribution in [0.4, 0.5) is 0 Å². The molecule has 6 nitrogen and oxygen atoms in total. The maximum Gasteiger partial charge on any atom is 0.265 e. The molecular formula is C24H22ClN3O3S. The Balaban J connectivity index is 1.83. The minimum atomic E-state index is -0.0910. The molecule has 164 valence electrons. The number of para-hydroxylation sites is 1. The molecule has 4 rings (SSSR count). The highest BCUT2D eigenvalue weighted by Crippen LogP contribution is 2.34. The van der Waals surface area contributed by atoms with Crippen LogP contribution in [0.5, 0.6) is 5.75 Å². The van der Waals surface area contributed by atoms with E-state index in [4.69, 9.17) is 26.1 Å². The Morgan fingerprint density at radius 1 is 1.16 bits per heavy atom. The van der Waals surface area contributed by atoms with Gasteiger partial charge in [-0.05, 0) is 35.9 Å². The van der Waals surface area contributed by atoms with E-state index in [2.05, 4.69) is 11.1 Å². The third-order valence-electron chi connectivity index (χ3n) is 5.08. The third-order valence-corrected chi connectivity index (χ3v) is 6.07. The fourth-order valence-corrected chi connectivity index (χ4v) is 4.27. The van der Waals surface area contributed by atoms with E-state index in [9.17, 15) is 4.79 Å². The number of hydrogen-bond donors (Lipinski definition) is 0.